The van der Waals surface area contributed by atoms with Gasteiger partial charge >= 0.3 is 5.97 Å². The minimum Gasteiger partial charge on any atom is -0.493 e. The van der Waals surface area contributed by atoms with Crippen molar-refractivity contribution >= 4 is 5.97 Å². The number of aromatic carboxylic acids is 1. The second-order valence-electron chi connectivity index (χ2n) is 4.83. The van der Waals surface area contributed by atoms with E-state index in [0.29, 0.717) is 17.3 Å². The molecule has 0 saturated carbocycles. The van der Waals surface area contributed by atoms with Crippen molar-refractivity contribution in [3.8, 4) is 22.8 Å². The zero-order valence-electron chi connectivity index (χ0n) is 12.3. The molecule has 1 aromatic heterocycles. The Morgan fingerprint density at radius 1 is 1.19 bits per heavy atom. The number of carboxylic acid groups (broad SMARTS) is 1. The fourth-order valence-corrected chi connectivity index (χ4v) is 2.09. The molecule has 0 aliphatic rings. The molecular formula is C15H17NO5. The molecule has 0 spiro atoms. The van der Waals surface area contributed by atoms with Gasteiger partial charge in [0.15, 0.2) is 23.0 Å². The standard InChI is InChI=1S/C15H17NO5/c1-8(2)9-5-13(19-3)14(20-4)6-10(9)12-7-11(15(17)18)16-21-12/h5-8H,1-4H3,(H,17,18). The zero-order chi connectivity index (χ0) is 15.6. The van der Waals surface area contributed by atoms with Crippen molar-refractivity contribution in [2.24, 2.45) is 0 Å². The molecule has 112 valence electrons. The summed E-state index contributed by atoms with van der Waals surface area (Å²) in [5.74, 6) is 0.611. The van der Waals surface area contributed by atoms with Crippen LogP contribution in [-0.2, 0) is 0 Å². The fourth-order valence-electron chi connectivity index (χ4n) is 2.09. The number of nitrogens with zero attached hydrogens (tertiary/aromatic N) is 1. The summed E-state index contributed by atoms with van der Waals surface area (Å²) in [4.78, 5) is 10.9. The molecule has 0 amide bonds. The Balaban J connectivity index is 2.61. The molecule has 6 nitrogen and oxygen atoms in total. The molecule has 2 aromatic rings. The summed E-state index contributed by atoms with van der Waals surface area (Å²) >= 11 is 0. The van der Waals surface area contributed by atoms with E-state index >= 15 is 0 Å². The maximum absolute atomic E-state index is 10.9. The topological polar surface area (TPSA) is 81.8 Å². The number of ether oxygens (including phenoxy) is 2. The van der Waals surface area contributed by atoms with E-state index in [1.807, 2.05) is 19.9 Å². The van der Waals surface area contributed by atoms with Gasteiger partial charge in [-0.2, -0.15) is 0 Å². The molecule has 2 rings (SSSR count). The largest absolute Gasteiger partial charge is 0.493 e. The SMILES string of the molecule is COc1cc(-c2cc(C(=O)O)no2)c(C(C)C)cc1OC. The summed E-state index contributed by atoms with van der Waals surface area (Å²) in [5.41, 5.74) is 1.57. The first kappa shape index (κ1) is 14.9. The highest BCUT2D eigenvalue weighted by atomic mass is 16.5. The third kappa shape index (κ3) is 2.84. The fraction of sp³-hybridized carbons (Fsp3) is 0.333. The van der Waals surface area contributed by atoms with Crippen molar-refractivity contribution in [1.82, 2.24) is 5.16 Å². The normalized spacial score (nSPS) is 10.7. The summed E-state index contributed by atoms with van der Waals surface area (Å²) in [6, 6.07) is 5.03. The Morgan fingerprint density at radius 2 is 1.81 bits per heavy atom. The van der Waals surface area contributed by atoms with E-state index in [1.54, 1.807) is 20.3 Å². The predicted molar refractivity (Wildman–Crippen MR) is 76.1 cm³/mol. The number of methoxy groups -OCH3 is 2. The Hall–Kier alpha value is -2.50. The number of hydrogen-bond acceptors (Lipinski definition) is 5. The van der Waals surface area contributed by atoms with Gasteiger partial charge in [-0.3, -0.25) is 0 Å². The highest BCUT2D eigenvalue weighted by molar-refractivity contribution is 5.86. The smallest absolute Gasteiger partial charge is 0.358 e. The molecule has 0 aliphatic carbocycles. The van der Waals surface area contributed by atoms with Crippen LogP contribution in [0.5, 0.6) is 11.5 Å². The van der Waals surface area contributed by atoms with Gasteiger partial charge in [0.25, 0.3) is 0 Å². The van der Waals surface area contributed by atoms with Crippen molar-refractivity contribution in [1.29, 1.82) is 0 Å². The van der Waals surface area contributed by atoms with E-state index in [0.717, 1.165) is 11.1 Å². The van der Waals surface area contributed by atoms with Gasteiger partial charge in [0, 0.05) is 11.6 Å². The highest BCUT2D eigenvalue weighted by Crippen LogP contribution is 2.39. The number of aromatic nitrogens is 1. The quantitative estimate of drug-likeness (QED) is 0.911. The maximum Gasteiger partial charge on any atom is 0.358 e. The molecular weight excluding hydrogens is 274 g/mol. The van der Waals surface area contributed by atoms with Crippen LogP contribution in [0.1, 0.15) is 35.8 Å². The average Bonchev–Trinajstić information content (AvgIpc) is 2.95. The van der Waals surface area contributed by atoms with Gasteiger partial charge < -0.3 is 19.1 Å². The Morgan fingerprint density at radius 3 is 2.29 bits per heavy atom. The second kappa shape index (κ2) is 5.87. The number of carbonyl (C=O) groups is 1. The first-order valence-corrected chi connectivity index (χ1v) is 6.44. The van der Waals surface area contributed by atoms with E-state index in [9.17, 15) is 4.79 Å². The lowest BCUT2D eigenvalue weighted by atomic mass is 9.95. The van der Waals surface area contributed by atoms with Gasteiger partial charge in [0.2, 0.25) is 0 Å². The number of rotatable bonds is 5. The highest BCUT2D eigenvalue weighted by Gasteiger charge is 2.19. The van der Waals surface area contributed by atoms with Crippen LogP contribution < -0.4 is 9.47 Å². The predicted octanol–water partition coefficient (Wildman–Crippen LogP) is 3.18. The Bertz CT molecular complexity index is 660. The third-order valence-corrected chi connectivity index (χ3v) is 3.17. The van der Waals surface area contributed by atoms with Crippen LogP contribution >= 0.6 is 0 Å². The van der Waals surface area contributed by atoms with Crippen molar-refractivity contribution in [2.45, 2.75) is 19.8 Å². The van der Waals surface area contributed by atoms with Crippen LogP contribution in [0, 0.1) is 0 Å². The van der Waals surface area contributed by atoms with Crippen LogP contribution in [0.15, 0.2) is 22.7 Å². The van der Waals surface area contributed by atoms with Gasteiger partial charge in [0.1, 0.15) is 0 Å². The molecule has 1 aromatic carbocycles. The molecule has 0 fully saturated rings. The van der Waals surface area contributed by atoms with Crippen molar-refractivity contribution < 1.29 is 23.9 Å². The number of benzene rings is 1. The van der Waals surface area contributed by atoms with Gasteiger partial charge in [-0.1, -0.05) is 19.0 Å². The lowest BCUT2D eigenvalue weighted by Crippen LogP contribution is -1.97. The van der Waals surface area contributed by atoms with E-state index in [4.69, 9.17) is 19.1 Å². The third-order valence-electron chi connectivity index (χ3n) is 3.17. The van der Waals surface area contributed by atoms with Crippen LogP contribution in [0.3, 0.4) is 0 Å². The molecule has 6 heteroatoms. The van der Waals surface area contributed by atoms with Gasteiger partial charge in [-0.05, 0) is 23.6 Å². The van der Waals surface area contributed by atoms with Crippen LogP contribution in [0.4, 0.5) is 0 Å². The molecule has 1 heterocycles. The summed E-state index contributed by atoms with van der Waals surface area (Å²) < 4.78 is 15.7. The van der Waals surface area contributed by atoms with E-state index in [2.05, 4.69) is 5.16 Å². The average molecular weight is 291 g/mol. The molecule has 0 atom stereocenters. The monoisotopic (exact) mass is 291 g/mol. The molecule has 1 N–H and O–H groups in total. The van der Waals surface area contributed by atoms with Crippen LogP contribution in [0.25, 0.3) is 11.3 Å². The molecule has 0 unspecified atom stereocenters. The number of carboxylic acids is 1. The molecule has 0 bridgehead atoms. The lowest BCUT2D eigenvalue weighted by molar-refractivity contribution is 0.0686. The first-order valence-electron chi connectivity index (χ1n) is 6.44. The van der Waals surface area contributed by atoms with E-state index in [-0.39, 0.29) is 11.6 Å². The molecule has 0 radical (unpaired) electrons. The summed E-state index contributed by atoms with van der Waals surface area (Å²) in [6.45, 7) is 4.05. The van der Waals surface area contributed by atoms with Crippen LogP contribution in [0.2, 0.25) is 0 Å². The van der Waals surface area contributed by atoms with Gasteiger partial charge in [-0.15, -0.1) is 0 Å². The van der Waals surface area contributed by atoms with E-state index in [1.165, 1.54) is 6.07 Å². The Labute approximate surface area is 122 Å². The van der Waals surface area contributed by atoms with Crippen molar-refractivity contribution in [3.05, 3.63) is 29.5 Å². The summed E-state index contributed by atoms with van der Waals surface area (Å²) in [6.07, 6.45) is 0. The molecule has 0 saturated heterocycles. The Kier molecular flexibility index (Phi) is 4.16. The van der Waals surface area contributed by atoms with Crippen LogP contribution in [-0.4, -0.2) is 30.5 Å². The van der Waals surface area contributed by atoms with Gasteiger partial charge in [-0.25, -0.2) is 4.79 Å². The lowest BCUT2D eigenvalue weighted by Gasteiger charge is -2.15. The van der Waals surface area contributed by atoms with Gasteiger partial charge in [0.05, 0.1) is 14.2 Å². The molecule has 0 aliphatic heterocycles. The number of hydrogen-bond donors (Lipinski definition) is 1. The summed E-state index contributed by atoms with van der Waals surface area (Å²) in [7, 11) is 3.11. The second-order valence-corrected chi connectivity index (χ2v) is 4.83. The first-order chi connectivity index (χ1) is 9.97. The maximum atomic E-state index is 10.9. The van der Waals surface area contributed by atoms with E-state index < -0.39 is 5.97 Å². The minimum absolute atomic E-state index is 0.130. The van der Waals surface area contributed by atoms with Crippen molar-refractivity contribution in [2.75, 3.05) is 14.2 Å². The van der Waals surface area contributed by atoms with Crippen molar-refractivity contribution in [3.63, 3.8) is 0 Å². The minimum atomic E-state index is -1.13. The summed E-state index contributed by atoms with van der Waals surface area (Å²) in [5, 5.41) is 12.5. The zero-order valence-corrected chi connectivity index (χ0v) is 12.3. The molecule has 21 heavy (non-hydrogen) atoms.